The van der Waals surface area contributed by atoms with Crippen LogP contribution in [0.25, 0.3) is 21.6 Å². The Labute approximate surface area is 173 Å². The number of hydrogen-bond acceptors (Lipinski definition) is 5. The highest BCUT2D eigenvalue weighted by Crippen LogP contribution is 2.31. The molecule has 1 N–H and O–H groups in total. The molecule has 148 valence electrons. The van der Waals surface area contributed by atoms with Crippen LogP contribution in [-0.2, 0) is 0 Å². The lowest BCUT2D eigenvalue weighted by Crippen LogP contribution is -2.14. The van der Waals surface area contributed by atoms with Crippen molar-refractivity contribution in [2.75, 3.05) is 12.4 Å². The van der Waals surface area contributed by atoms with Crippen molar-refractivity contribution in [3.8, 4) is 16.3 Å². The number of anilines is 1. The number of nitrogens with zero attached hydrogens (tertiary/aromatic N) is 3. The average Bonchev–Trinajstić information content (AvgIpc) is 3.37. The molecule has 4 rings (SSSR count). The molecule has 0 saturated carbocycles. The van der Waals surface area contributed by atoms with Crippen LogP contribution < -0.4 is 10.1 Å². The maximum Gasteiger partial charge on any atom is 0.256 e. The average molecular weight is 407 g/mol. The molecule has 0 aliphatic rings. The number of rotatable bonds is 5. The Morgan fingerprint density at radius 3 is 2.76 bits per heavy atom. The Morgan fingerprint density at radius 2 is 2.07 bits per heavy atom. The third-order valence-corrected chi connectivity index (χ3v) is 5.57. The van der Waals surface area contributed by atoms with Gasteiger partial charge in [-0.2, -0.15) is 5.10 Å². The lowest BCUT2D eigenvalue weighted by molar-refractivity contribution is 0.102. The summed E-state index contributed by atoms with van der Waals surface area (Å²) in [5.41, 5.74) is 3.67. The van der Waals surface area contributed by atoms with Crippen LogP contribution in [0.5, 0.6) is 5.75 Å². The van der Waals surface area contributed by atoms with E-state index < -0.39 is 0 Å². The van der Waals surface area contributed by atoms with Crippen LogP contribution in [0.2, 0.25) is 0 Å². The number of aromatic nitrogens is 3. The van der Waals surface area contributed by atoms with Gasteiger partial charge in [-0.15, -0.1) is 11.3 Å². The summed E-state index contributed by atoms with van der Waals surface area (Å²) < 4.78 is 7.24. The number of fused-ring (bicyclic) bond motifs is 1. The molecular weight excluding hydrogens is 384 g/mol. The Balaban J connectivity index is 1.84. The van der Waals surface area contributed by atoms with Crippen LogP contribution in [0.1, 0.15) is 35.8 Å². The molecule has 0 saturated heterocycles. The van der Waals surface area contributed by atoms with E-state index >= 15 is 0 Å². The van der Waals surface area contributed by atoms with Crippen molar-refractivity contribution in [1.29, 1.82) is 0 Å². The fourth-order valence-corrected chi connectivity index (χ4v) is 3.93. The van der Waals surface area contributed by atoms with Crippen molar-refractivity contribution >= 4 is 34.0 Å². The topological polar surface area (TPSA) is 69.0 Å². The number of nitrogens with one attached hydrogen (secondary N) is 1. The van der Waals surface area contributed by atoms with E-state index in [1.807, 2.05) is 67.2 Å². The molecule has 1 aromatic carbocycles. The first-order chi connectivity index (χ1) is 14.0. The number of benzene rings is 1. The lowest BCUT2D eigenvalue weighted by Gasteiger charge is -2.13. The van der Waals surface area contributed by atoms with Crippen LogP contribution in [-0.4, -0.2) is 27.8 Å². The zero-order valence-electron chi connectivity index (χ0n) is 16.8. The number of aryl methyl sites for hydroxylation is 1. The normalized spacial score (nSPS) is 11.2. The molecule has 1 amide bonds. The van der Waals surface area contributed by atoms with Gasteiger partial charge in [0.05, 0.1) is 40.5 Å². The number of pyridine rings is 1. The van der Waals surface area contributed by atoms with Crippen LogP contribution in [0.4, 0.5) is 5.69 Å². The van der Waals surface area contributed by atoms with E-state index in [9.17, 15) is 4.79 Å². The van der Waals surface area contributed by atoms with Gasteiger partial charge in [-0.1, -0.05) is 12.1 Å². The number of ether oxygens (including phenoxy) is 1. The van der Waals surface area contributed by atoms with Crippen LogP contribution in [0.3, 0.4) is 0 Å². The number of hydrogen-bond donors (Lipinski definition) is 1. The summed E-state index contributed by atoms with van der Waals surface area (Å²) in [7, 11) is 1.59. The summed E-state index contributed by atoms with van der Waals surface area (Å²) >= 11 is 1.59. The Morgan fingerprint density at radius 1 is 1.24 bits per heavy atom. The van der Waals surface area contributed by atoms with E-state index in [4.69, 9.17) is 9.72 Å². The molecule has 0 aliphatic heterocycles. The maximum atomic E-state index is 13.3. The summed E-state index contributed by atoms with van der Waals surface area (Å²) in [6.45, 7) is 6.06. The van der Waals surface area contributed by atoms with Gasteiger partial charge < -0.3 is 10.1 Å². The van der Waals surface area contributed by atoms with Crippen molar-refractivity contribution < 1.29 is 9.53 Å². The van der Waals surface area contributed by atoms with Crippen molar-refractivity contribution in [3.63, 3.8) is 0 Å². The fraction of sp³-hybridized carbons (Fsp3) is 0.227. The van der Waals surface area contributed by atoms with E-state index in [1.165, 1.54) is 0 Å². The van der Waals surface area contributed by atoms with E-state index in [-0.39, 0.29) is 11.9 Å². The Hall–Kier alpha value is -3.19. The van der Waals surface area contributed by atoms with Gasteiger partial charge in [-0.05, 0) is 56.0 Å². The molecule has 6 nitrogen and oxygen atoms in total. The maximum absolute atomic E-state index is 13.3. The van der Waals surface area contributed by atoms with Gasteiger partial charge >= 0.3 is 0 Å². The zero-order valence-corrected chi connectivity index (χ0v) is 17.6. The molecule has 0 spiro atoms. The molecule has 0 unspecified atom stereocenters. The fourth-order valence-electron chi connectivity index (χ4n) is 3.24. The molecule has 0 radical (unpaired) electrons. The molecule has 29 heavy (non-hydrogen) atoms. The van der Waals surface area contributed by atoms with Crippen LogP contribution >= 0.6 is 11.3 Å². The van der Waals surface area contributed by atoms with Gasteiger partial charge in [0.1, 0.15) is 5.75 Å². The van der Waals surface area contributed by atoms with E-state index in [1.54, 1.807) is 24.6 Å². The SMILES string of the molecule is COc1ccc(C)cc1NC(=O)c1cc(-c2cccs2)nc2c1cnn2C(C)C. The van der Waals surface area contributed by atoms with Gasteiger partial charge in [-0.25, -0.2) is 9.67 Å². The van der Waals surface area contributed by atoms with Crippen molar-refractivity contribution in [1.82, 2.24) is 14.8 Å². The summed E-state index contributed by atoms with van der Waals surface area (Å²) in [6, 6.07) is 11.6. The minimum Gasteiger partial charge on any atom is -0.495 e. The first kappa shape index (κ1) is 19.1. The van der Waals surface area contributed by atoms with Gasteiger partial charge in [0.2, 0.25) is 0 Å². The highest BCUT2D eigenvalue weighted by molar-refractivity contribution is 7.13. The first-order valence-corrected chi connectivity index (χ1v) is 10.2. The zero-order chi connectivity index (χ0) is 20.5. The van der Waals surface area contributed by atoms with Gasteiger partial charge in [0.25, 0.3) is 5.91 Å². The first-order valence-electron chi connectivity index (χ1n) is 9.36. The minimum absolute atomic E-state index is 0.131. The van der Waals surface area contributed by atoms with Crippen molar-refractivity contribution in [3.05, 3.63) is 59.1 Å². The van der Waals surface area contributed by atoms with E-state index in [2.05, 4.69) is 10.4 Å². The predicted octanol–water partition coefficient (Wildman–Crippen LogP) is 5.31. The summed E-state index contributed by atoms with van der Waals surface area (Å²) in [6.07, 6.45) is 1.71. The molecule has 0 bridgehead atoms. The number of amides is 1. The Bertz CT molecular complexity index is 1180. The second-order valence-corrected chi connectivity index (χ2v) is 8.06. The van der Waals surface area contributed by atoms with Crippen molar-refractivity contribution in [2.24, 2.45) is 0 Å². The minimum atomic E-state index is -0.220. The number of methoxy groups -OCH3 is 1. The predicted molar refractivity (Wildman–Crippen MR) is 117 cm³/mol. The monoisotopic (exact) mass is 406 g/mol. The molecular formula is C22H22N4O2S. The second-order valence-electron chi connectivity index (χ2n) is 7.11. The standard InChI is InChI=1S/C22H22N4O2S/c1-13(2)26-21-16(12-23-26)15(11-18(24-21)20-6-5-9-29-20)22(27)25-17-10-14(3)7-8-19(17)28-4/h5-13H,1-4H3,(H,25,27). The smallest absolute Gasteiger partial charge is 0.256 e. The third kappa shape index (κ3) is 3.61. The van der Waals surface area contributed by atoms with Crippen LogP contribution in [0, 0.1) is 6.92 Å². The number of carbonyl (C=O) groups excluding carboxylic acids is 1. The van der Waals surface area contributed by atoms with Gasteiger partial charge in [0, 0.05) is 6.04 Å². The summed E-state index contributed by atoms with van der Waals surface area (Å²) in [5, 5.41) is 10.2. The van der Waals surface area contributed by atoms with Gasteiger partial charge in [0.15, 0.2) is 5.65 Å². The molecule has 3 heterocycles. The third-order valence-electron chi connectivity index (χ3n) is 4.68. The number of thiophene rings is 1. The van der Waals surface area contributed by atoms with Crippen LogP contribution in [0.15, 0.2) is 48.0 Å². The molecule has 0 fully saturated rings. The Kier molecular flexibility index (Phi) is 5.07. The largest absolute Gasteiger partial charge is 0.495 e. The second kappa shape index (κ2) is 7.67. The molecule has 3 aromatic heterocycles. The number of carbonyl (C=O) groups is 1. The molecule has 4 aromatic rings. The lowest BCUT2D eigenvalue weighted by atomic mass is 10.1. The van der Waals surface area contributed by atoms with Gasteiger partial charge in [-0.3, -0.25) is 4.79 Å². The highest BCUT2D eigenvalue weighted by atomic mass is 32.1. The highest BCUT2D eigenvalue weighted by Gasteiger charge is 2.20. The summed E-state index contributed by atoms with van der Waals surface area (Å²) in [5.74, 6) is 0.396. The molecule has 0 aliphatic carbocycles. The van der Waals surface area contributed by atoms with Crippen molar-refractivity contribution in [2.45, 2.75) is 26.8 Å². The molecule has 0 atom stereocenters. The van der Waals surface area contributed by atoms with E-state index in [0.29, 0.717) is 22.6 Å². The quantitative estimate of drug-likeness (QED) is 0.488. The van der Waals surface area contributed by atoms with E-state index in [0.717, 1.165) is 21.5 Å². The molecule has 7 heteroatoms. The summed E-state index contributed by atoms with van der Waals surface area (Å²) in [4.78, 5) is 19.1.